The van der Waals surface area contributed by atoms with E-state index in [-0.39, 0.29) is 0 Å². The molecule has 66 valence electrons. The number of halogens is 5. The molecule has 7 heteroatoms. The van der Waals surface area contributed by atoms with Crippen LogP contribution in [0.5, 0.6) is 0 Å². The first-order chi connectivity index (χ1) is 4.73. The average molecular weight is 260 g/mol. The molecule has 11 heavy (non-hydrogen) atoms. The molecular formula is C4H3Cl5O2. The van der Waals surface area contributed by atoms with E-state index >= 15 is 0 Å². The van der Waals surface area contributed by atoms with Crippen molar-refractivity contribution < 1.29 is 9.53 Å². The Morgan fingerprint density at radius 2 is 1.55 bits per heavy atom. The highest BCUT2D eigenvalue weighted by atomic mass is 35.6. The van der Waals surface area contributed by atoms with Gasteiger partial charge in [-0.3, -0.25) is 0 Å². The van der Waals surface area contributed by atoms with Gasteiger partial charge in [-0.2, -0.15) is 0 Å². The summed E-state index contributed by atoms with van der Waals surface area (Å²) in [6, 6.07) is 0. The van der Waals surface area contributed by atoms with Crippen LogP contribution in [0.3, 0.4) is 0 Å². The highest BCUT2D eigenvalue weighted by Crippen LogP contribution is 2.46. The van der Waals surface area contributed by atoms with Crippen molar-refractivity contribution in [3.8, 4) is 0 Å². The maximum absolute atomic E-state index is 10.7. The minimum atomic E-state index is -2.17. The molecule has 0 amide bonds. The van der Waals surface area contributed by atoms with Gasteiger partial charge in [-0.1, -0.05) is 58.0 Å². The summed E-state index contributed by atoms with van der Waals surface area (Å²) < 4.78 is -0.0968. The molecule has 0 aliphatic rings. The SMILES string of the molecule is COC(=O)C(Cl)(Cl)C(Cl)(Cl)Cl. The number of hydrogen-bond acceptors (Lipinski definition) is 2. The number of esters is 1. The third kappa shape index (κ3) is 2.71. The Morgan fingerprint density at radius 3 is 1.64 bits per heavy atom. The van der Waals surface area contributed by atoms with Crippen LogP contribution in [0.4, 0.5) is 0 Å². The predicted octanol–water partition coefficient (Wildman–Crippen LogP) is 2.70. The van der Waals surface area contributed by atoms with Crippen LogP contribution in [0.1, 0.15) is 0 Å². The second-order valence-electron chi connectivity index (χ2n) is 1.56. The molecule has 2 nitrogen and oxygen atoms in total. The fourth-order valence-corrected chi connectivity index (χ4v) is 0.630. The van der Waals surface area contributed by atoms with E-state index in [1.165, 1.54) is 0 Å². The maximum Gasteiger partial charge on any atom is 0.346 e. The van der Waals surface area contributed by atoms with Crippen molar-refractivity contribution in [2.24, 2.45) is 0 Å². The first kappa shape index (κ1) is 11.9. The lowest BCUT2D eigenvalue weighted by Gasteiger charge is -2.23. The molecule has 0 unspecified atom stereocenters. The Bertz CT molecular complexity index is 160. The highest BCUT2D eigenvalue weighted by Gasteiger charge is 2.53. The Balaban J connectivity index is 4.59. The van der Waals surface area contributed by atoms with E-state index in [2.05, 4.69) is 4.74 Å². The van der Waals surface area contributed by atoms with Gasteiger partial charge in [0, 0.05) is 0 Å². The molecule has 0 spiro atoms. The summed E-state index contributed by atoms with van der Waals surface area (Å²) in [7, 11) is 1.08. The summed E-state index contributed by atoms with van der Waals surface area (Å²) in [5.74, 6) is -1.01. The fourth-order valence-electron chi connectivity index (χ4n) is 0.244. The van der Waals surface area contributed by atoms with E-state index in [1.54, 1.807) is 0 Å². The van der Waals surface area contributed by atoms with Crippen molar-refractivity contribution in [3.05, 3.63) is 0 Å². The Labute approximate surface area is 88.6 Å². The molecule has 0 saturated carbocycles. The molecule has 0 aromatic rings. The van der Waals surface area contributed by atoms with E-state index < -0.39 is 14.1 Å². The third-order valence-electron chi connectivity index (χ3n) is 0.798. The minimum absolute atomic E-state index is 1.01. The fraction of sp³-hybridized carbons (Fsp3) is 0.750. The van der Waals surface area contributed by atoms with Gasteiger partial charge in [-0.15, -0.1) is 0 Å². The number of methoxy groups -OCH3 is 1. The Hall–Kier alpha value is 0.920. The molecule has 0 aromatic heterocycles. The van der Waals surface area contributed by atoms with Crippen LogP contribution in [0, 0.1) is 0 Å². The van der Waals surface area contributed by atoms with E-state index in [0.717, 1.165) is 7.11 Å². The number of carbonyl (C=O) groups excluding carboxylic acids is 1. The van der Waals surface area contributed by atoms with E-state index in [1.807, 2.05) is 0 Å². The molecule has 0 fully saturated rings. The molecular weight excluding hydrogens is 257 g/mol. The van der Waals surface area contributed by atoms with Gasteiger partial charge in [0.2, 0.25) is 3.79 Å². The van der Waals surface area contributed by atoms with Crippen molar-refractivity contribution in [2.75, 3.05) is 7.11 Å². The van der Waals surface area contributed by atoms with Gasteiger partial charge in [-0.25, -0.2) is 4.79 Å². The molecule has 0 heterocycles. The first-order valence-corrected chi connectivity index (χ1v) is 4.15. The topological polar surface area (TPSA) is 26.3 Å². The summed E-state index contributed by atoms with van der Waals surface area (Å²) >= 11 is 26.5. The number of carbonyl (C=O) groups is 1. The van der Waals surface area contributed by atoms with Crippen LogP contribution >= 0.6 is 58.0 Å². The van der Waals surface area contributed by atoms with Crippen molar-refractivity contribution in [1.29, 1.82) is 0 Å². The summed E-state index contributed by atoms with van der Waals surface area (Å²) in [6.07, 6.45) is 0. The predicted molar refractivity (Wildman–Crippen MR) is 46.7 cm³/mol. The second-order valence-corrected chi connectivity index (χ2v) is 5.17. The van der Waals surface area contributed by atoms with Gasteiger partial charge >= 0.3 is 5.97 Å². The zero-order chi connectivity index (χ0) is 9.28. The van der Waals surface area contributed by atoms with Crippen LogP contribution in [0.2, 0.25) is 0 Å². The Kier molecular flexibility index (Phi) is 4.07. The van der Waals surface area contributed by atoms with Gasteiger partial charge < -0.3 is 4.74 Å². The number of ether oxygens (including phenoxy) is 1. The van der Waals surface area contributed by atoms with Gasteiger partial charge in [0.05, 0.1) is 7.11 Å². The van der Waals surface area contributed by atoms with Gasteiger partial charge in [-0.05, 0) is 0 Å². The highest BCUT2D eigenvalue weighted by molar-refractivity contribution is 6.79. The van der Waals surface area contributed by atoms with Gasteiger partial charge in [0.1, 0.15) is 0 Å². The molecule has 0 N–H and O–H groups in total. The normalized spacial score (nSPS) is 12.9. The lowest BCUT2D eigenvalue weighted by molar-refractivity contribution is -0.141. The number of rotatable bonds is 1. The van der Waals surface area contributed by atoms with Crippen LogP contribution in [-0.2, 0) is 9.53 Å². The third-order valence-corrected chi connectivity index (χ3v) is 3.10. The molecule has 0 aromatic carbocycles. The number of alkyl halides is 5. The first-order valence-electron chi connectivity index (χ1n) is 2.26. The summed E-state index contributed by atoms with van der Waals surface area (Å²) in [5, 5.41) is 0. The van der Waals surface area contributed by atoms with Crippen molar-refractivity contribution >= 4 is 64.0 Å². The van der Waals surface area contributed by atoms with Crippen molar-refractivity contribution in [3.63, 3.8) is 0 Å². The van der Waals surface area contributed by atoms with Crippen LogP contribution in [0.25, 0.3) is 0 Å². The molecule has 0 radical (unpaired) electrons. The second kappa shape index (κ2) is 3.75. The van der Waals surface area contributed by atoms with Crippen molar-refractivity contribution in [1.82, 2.24) is 0 Å². The standard InChI is InChI=1S/C4H3Cl5O2/c1-11-2(10)3(5,6)4(7,8)9/h1H3. The van der Waals surface area contributed by atoms with Gasteiger partial charge in [0.15, 0.2) is 0 Å². The zero-order valence-corrected chi connectivity index (χ0v) is 8.99. The maximum atomic E-state index is 10.7. The monoisotopic (exact) mass is 258 g/mol. The lowest BCUT2D eigenvalue weighted by atomic mass is 10.4. The Morgan fingerprint density at radius 1 is 1.18 bits per heavy atom. The number of hydrogen-bond donors (Lipinski definition) is 0. The molecule has 0 rings (SSSR count). The molecule has 0 aliphatic carbocycles. The van der Waals surface area contributed by atoms with Crippen LogP contribution in [-0.4, -0.2) is 21.2 Å². The molecule has 0 bridgehead atoms. The molecule has 0 atom stereocenters. The quantitative estimate of drug-likeness (QED) is 0.535. The molecule has 0 aliphatic heterocycles. The summed E-state index contributed by atoms with van der Waals surface area (Å²) in [4.78, 5) is 10.7. The summed E-state index contributed by atoms with van der Waals surface area (Å²) in [5.41, 5.74) is 0. The van der Waals surface area contributed by atoms with E-state index in [0.29, 0.717) is 0 Å². The van der Waals surface area contributed by atoms with Crippen LogP contribution < -0.4 is 0 Å². The van der Waals surface area contributed by atoms with E-state index in [9.17, 15) is 4.79 Å². The van der Waals surface area contributed by atoms with Gasteiger partial charge in [0.25, 0.3) is 4.33 Å². The largest absolute Gasteiger partial charge is 0.467 e. The smallest absolute Gasteiger partial charge is 0.346 e. The van der Waals surface area contributed by atoms with Crippen LogP contribution in [0.15, 0.2) is 0 Å². The lowest BCUT2D eigenvalue weighted by Crippen LogP contribution is -2.40. The minimum Gasteiger partial charge on any atom is -0.467 e. The van der Waals surface area contributed by atoms with Crippen molar-refractivity contribution in [2.45, 2.75) is 8.13 Å². The van der Waals surface area contributed by atoms with E-state index in [4.69, 9.17) is 58.0 Å². The average Bonchev–Trinajstić information content (AvgIpc) is 1.83. The summed E-state index contributed by atoms with van der Waals surface area (Å²) in [6.45, 7) is 0. The molecule has 0 saturated heterocycles. The zero-order valence-electron chi connectivity index (χ0n) is 5.21.